The number of benzene rings is 1. The Balaban J connectivity index is 1.69. The molecule has 3 aromatic heterocycles. The predicted molar refractivity (Wildman–Crippen MR) is 110 cm³/mol. The van der Waals surface area contributed by atoms with E-state index in [0.717, 1.165) is 45.1 Å². The molecular weight excluding hydrogens is 356 g/mol. The van der Waals surface area contributed by atoms with Crippen LogP contribution in [0.1, 0.15) is 27.9 Å². The minimum absolute atomic E-state index is 0.127. The number of nitrogens with one attached hydrogen (secondary N) is 1. The number of amides is 1. The summed E-state index contributed by atoms with van der Waals surface area (Å²) in [5.41, 5.74) is 4.63. The van der Waals surface area contributed by atoms with Crippen molar-refractivity contribution in [3.8, 4) is 10.6 Å². The second kappa shape index (κ2) is 6.96. The maximum absolute atomic E-state index is 12.7. The van der Waals surface area contributed by atoms with Crippen molar-refractivity contribution in [1.29, 1.82) is 0 Å². The molecule has 0 fully saturated rings. The standard InChI is InChI=1S/C21H20N4OS/c1-4-25-12-17(16-6-5-11-22-19(16)25)21-23-14(3)18(27-21)20(26)24-15-9-7-13(2)8-10-15/h5-12H,4H2,1-3H3,(H,24,26). The molecule has 0 spiro atoms. The lowest BCUT2D eigenvalue weighted by atomic mass is 10.2. The van der Waals surface area contributed by atoms with Crippen LogP contribution in [0.15, 0.2) is 48.8 Å². The van der Waals surface area contributed by atoms with Crippen LogP contribution in [0.3, 0.4) is 0 Å². The lowest BCUT2D eigenvalue weighted by Crippen LogP contribution is -2.11. The van der Waals surface area contributed by atoms with Crippen molar-refractivity contribution in [1.82, 2.24) is 14.5 Å². The molecule has 6 heteroatoms. The van der Waals surface area contributed by atoms with Gasteiger partial charge >= 0.3 is 0 Å². The molecule has 0 saturated carbocycles. The van der Waals surface area contributed by atoms with Gasteiger partial charge in [0.15, 0.2) is 0 Å². The maximum atomic E-state index is 12.7. The first-order valence-electron chi connectivity index (χ1n) is 8.86. The van der Waals surface area contributed by atoms with Crippen LogP contribution in [-0.4, -0.2) is 20.4 Å². The lowest BCUT2D eigenvalue weighted by molar-refractivity contribution is 0.103. The highest BCUT2D eigenvalue weighted by Gasteiger charge is 2.19. The van der Waals surface area contributed by atoms with Crippen LogP contribution in [0.2, 0.25) is 0 Å². The summed E-state index contributed by atoms with van der Waals surface area (Å²) in [4.78, 5) is 22.5. The number of rotatable bonds is 4. The molecule has 1 aromatic carbocycles. The van der Waals surface area contributed by atoms with Crippen molar-refractivity contribution in [2.24, 2.45) is 0 Å². The number of nitrogens with zero attached hydrogens (tertiary/aromatic N) is 3. The summed E-state index contributed by atoms with van der Waals surface area (Å²) in [6.45, 7) is 6.82. The number of pyridine rings is 1. The minimum atomic E-state index is -0.127. The SMILES string of the molecule is CCn1cc(-c2nc(C)c(C(=O)Nc3ccc(C)cc3)s2)c2cccnc21. The topological polar surface area (TPSA) is 59.8 Å². The normalized spacial score (nSPS) is 11.1. The smallest absolute Gasteiger partial charge is 0.267 e. The first kappa shape index (κ1) is 17.4. The summed E-state index contributed by atoms with van der Waals surface area (Å²) in [6.07, 6.45) is 3.86. The van der Waals surface area contributed by atoms with Crippen molar-refractivity contribution in [3.05, 3.63) is 64.9 Å². The van der Waals surface area contributed by atoms with Gasteiger partial charge in [0, 0.05) is 35.6 Å². The predicted octanol–water partition coefficient (Wildman–Crippen LogP) is 5.05. The number of thiazole rings is 1. The number of hydrogen-bond acceptors (Lipinski definition) is 4. The molecule has 4 rings (SSSR count). The van der Waals surface area contributed by atoms with Crippen molar-refractivity contribution in [2.75, 3.05) is 5.32 Å². The van der Waals surface area contributed by atoms with Gasteiger partial charge in [-0.05, 0) is 45.0 Å². The van der Waals surface area contributed by atoms with Crippen molar-refractivity contribution >= 4 is 34.0 Å². The van der Waals surface area contributed by atoms with Gasteiger partial charge in [0.25, 0.3) is 5.91 Å². The quantitative estimate of drug-likeness (QED) is 0.542. The van der Waals surface area contributed by atoms with Crippen molar-refractivity contribution < 1.29 is 4.79 Å². The highest BCUT2D eigenvalue weighted by atomic mass is 32.1. The third kappa shape index (κ3) is 3.24. The van der Waals surface area contributed by atoms with Gasteiger partial charge in [-0.2, -0.15) is 0 Å². The van der Waals surface area contributed by atoms with Gasteiger partial charge in [-0.3, -0.25) is 4.79 Å². The van der Waals surface area contributed by atoms with Gasteiger partial charge in [-0.1, -0.05) is 17.7 Å². The summed E-state index contributed by atoms with van der Waals surface area (Å²) < 4.78 is 2.10. The van der Waals surface area contributed by atoms with Gasteiger partial charge in [-0.25, -0.2) is 9.97 Å². The average molecular weight is 376 g/mol. The zero-order valence-corrected chi connectivity index (χ0v) is 16.3. The summed E-state index contributed by atoms with van der Waals surface area (Å²) in [5, 5.41) is 4.85. The molecule has 0 bridgehead atoms. The number of fused-ring (bicyclic) bond motifs is 1. The molecule has 4 aromatic rings. The van der Waals surface area contributed by atoms with E-state index in [2.05, 4.69) is 33.0 Å². The highest BCUT2D eigenvalue weighted by molar-refractivity contribution is 7.17. The Bertz CT molecular complexity index is 1130. The summed E-state index contributed by atoms with van der Waals surface area (Å²) in [6, 6.07) is 11.8. The van der Waals surface area contributed by atoms with Crippen LogP contribution in [0.4, 0.5) is 5.69 Å². The Labute approximate surface area is 161 Å². The number of aromatic nitrogens is 3. The van der Waals surface area contributed by atoms with Crippen LogP contribution in [0, 0.1) is 13.8 Å². The van der Waals surface area contributed by atoms with E-state index in [1.807, 2.05) is 50.2 Å². The molecule has 1 amide bonds. The van der Waals surface area contributed by atoms with E-state index in [0.29, 0.717) is 4.88 Å². The van der Waals surface area contributed by atoms with E-state index in [1.54, 1.807) is 6.20 Å². The summed E-state index contributed by atoms with van der Waals surface area (Å²) >= 11 is 1.42. The molecule has 0 aliphatic heterocycles. The first-order valence-corrected chi connectivity index (χ1v) is 9.68. The Morgan fingerprint density at radius 2 is 1.96 bits per heavy atom. The molecule has 3 heterocycles. The number of anilines is 1. The molecular formula is C21H20N4OS. The molecule has 0 saturated heterocycles. The maximum Gasteiger partial charge on any atom is 0.267 e. The third-order valence-electron chi connectivity index (χ3n) is 4.52. The molecule has 0 aliphatic carbocycles. The average Bonchev–Trinajstić information content (AvgIpc) is 3.24. The second-order valence-electron chi connectivity index (χ2n) is 6.46. The fourth-order valence-electron chi connectivity index (χ4n) is 3.08. The van der Waals surface area contributed by atoms with Crippen LogP contribution in [0.5, 0.6) is 0 Å². The Morgan fingerprint density at radius 1 is 1.19 bits per heavy atom. The zero-order chi connectivity index (χ0) is 19.0. The largest absolute Gasteiger partial charge is 0.332 e. The minimum Gasteiger partial charge on any atom is -0.332 e. The number of aryl methyl sites for hydroxylation is 3. The van der Waals surface area contributed by atoms with Crippen LogP contribution in [0.25, 0.3) is 21.6 Å². The van der Waals surface area contributed by atoms with E-state index >= 15 is 0 Å². The third-order valence-corrected chi connectivity index (χ3v) is 5.71. The number of carbonyl (C=O) groups excluding carboxylic acids is 1. The molecule has 1 N–H and O–H groups in total. The summed E-state index contributed by atoms with van der Waals surface area (Å²) in [5.74, 6) is -0.127. The molecule has 136 valence electrons. The highest BCUT2D eigenvalue weighted by Crippen LogP contribution is 2.34. The second-order valence-corrected chi connectivity index (χ2v) is 7.46. The Hall–Kier alpha value is -2.99. The van der Waals surface area contributed by atoms with Crippen molar-refractivity contribution in [3.63, 3.8) is 0 Å². The van der Waals surface area contributed by atoms with E-state index in [4.69, 9.17) is 0 Å². The fraction of sp³-hybridized carbons (Fsp3) is 0.190. The van der Waals surface area contributed by atoms with Gasteiger partial charge < -0.3 is 9.88 Å². The number of carbonyl (C=O) groups is 1. The number of hydrogen-bond donors (Lipinski definition) is 1. The lowest BCUT2D eigenvalue weighted by Gasteiger charge is -2.04. The zero-order valence-electron chi connectivity index (χ0n) is 15.5. The van der Waals surface area contributed by atoms with Gasteiger partial charge in [0.1, 0.15) is 15.5 Å². The molecule has 5 nitrogen and oxygen atoms in total. The molecule has 0 unspecified atom stereocenters. The van der Waals surface area contributed by atoms with Gasteiger partial charge in [-0.15, -0.1) is 11.3 Å². The van der Waals surface area contributed by atoms with E-state index in [-0.39, 0.29) is 5.91 Å². The van der Waals surface area contributed by atoms with Crippen LogP contribution in [-0.2, 0) is 6.54 Å². The summed E-state index contributed by atoms with van der Waals surface area (Å²) in [7, 11) is 0. The van der Waals surface area contributed by atoms with Crippen LogP contribution < -0.4 is 5.32 Å². The molecule has 27 heavy (non-hydrogen) atoms. The fourth-order valence-corrected chi connectivity index (χ4v) is 4.07. The Kier molecular flexibility index (Phi) is 4.49. The van der Waals surface area contributed by atoms with E-state index in [1.165, 1.54) is 11.3 Å². The Morgan fingerprint density at radius 3 is 2.70 bits per heavy atom. The monoisotopic (exact) mass is 376 g/mol. The van der Waals surface area contributed by atoms with E-state index in [9.17, 15) is 4.79 Å². The molecule has 0 atom stereocenters. The van der Waals surface area contributed by atoms with Crippen molar-refractivity contribution in [2.45, 2.75) is 27.3 Å². The van der Waals surface area contributed by atoms with E-state index < -0.39 is 0 Å². The molecule has 0 radical (unpaired) electrons. The van der Waals surface area contributed by atoms with Gasteiger partial charge in [0.2, 0.25) is 0 Å². The van der Waals surface area contributed by atoms with Gasteiger partial charge in [0.05, 0.1) is 5.69 Å². The van der Waals surface area contributed by atoms with Crippen LogP contribution >= 0.6 is 11.3 Å². The first-order chi connectivity index (χ1) is 13.1. The molecule has 0 aliphatic rings.